The molecule has 0 aliphatic carbocycles. The van der Waals surface area contributed by atoms with Crippen molar-refractivity contribution in [3.8, 4) is 22.4 Å². The predicted octanol–water partition coefficient (Wildman–Crippen LogP) is 3.75. The number of pyridine rings is 1. The molecule has 4 heteroatoms. The molecule has 0 aliphatic rings. The maximum absolute atomic E-state index is 9.49. The van der Waals surface area contributed by atoms with E-state index in [0.717, 1.165) is 33.6 Å². The number of hydrogen-bond donors (Lipinski definition) is 1. The minimum absolute atomic E-state index is 0.0262. The number of aliphatic hydroxyl groups excluding tert-OH is 1. The smallest absolute Gasteiger partial charge is 0.137 e. The zero-order valence-electron chi connectivity index (χ0n) is 11.8. The van der Waals surface area contributed by atoms with Gasteiger partial charge in [0, 0.05) is 18.0 Å². The lowest BCUT2D eigenvalue weighted by atomic mass is 10.0. The topological polar surface area (TPSA) is 50.7 Å². The van der Waals surface area contributed by atoms with Crippen molar-refractivity contribution in [3.63, 3.8) is 0 Å². The van der Waals surface area contributed by atoms with Crippen molar-refractivity contribution in [1.29, 1.82) is 0 Å². The van der Waals surface area contributed by atoms with Crippen LogP contribution >= 0.6 is 0 Å². The standard InChI is InChI=1S/C18H14N2O2/c21-11-14-3-1-2-4-16(14)13-5-6-18-19-17(10-20(18)9-13)15-7-8-22-12-15/h1-10,12,21H,11H2. The van der Waals surface area contributed by atoms with E-state index in [1.807, 2.05) is 59.3 Å². The SMILES string of the molecule is OCc1ccccc1-c1ccc2nc(-c3ccoc3)cn2c1. The van der Waals surface area contributed by atoms with Crippen molar-refractivity contribution >= 4 is 5.65 Å². The molecular weight excluding hydrogens is 276 g/mol. The van der Waals surface area contributed by atoms with Crippen LogP contribution in [0.3, 0.4) is 0 Å². The fraction of sp³-hybridized carbons (Fsp3) is 0.0556. The molecule has 22 heavy (non-hydrogen) atoms. The molecule has 108 valence electrons. The third kappa shape index (κ3) is 2.10. The maximum Gasteiger partial charge on any atom is 0.137 e. The molecule has 1 aromatic carbocycles. The summed E-state index contributed by atoms with van der Waals surface area (Å²) in [5.41, 5.74) is 5.71. The molecule has 3 heterocycles. The van der Waals surface area contributed by atoms with E-state index in [1.165, 1.54) is 0 Å². The summed E-state index contributed by atoms with van der Waals surface area (Å²) in [7, 11) is 0. The lowest BCUT2D eigenvalue weighted by molar-refractivity contribution is 0.282. The fourth-order valence-electron chi connectivity index (χ4n) is 2.64. The van der Waals surface area contributed by atoms with Gasteiger partial charge in [-0.1, -0.05) is 24.3 Å². The first kappa shape index (κ1) is 12.9. The summed E-state index contributed by atoms with van der Waals surface area (Å²) in [5.74, 6) is 0. The van der Waals surface area contributed by atoms with Crippen LogP contribution in [0.4, 0.5) is 0 Å². The summed E-state index contributed by atoms with van der Waals surface area (Å²) in [5, 5.41) is 9.49. The summed E-state index contributed by atoms with van der Waals surface area (Å²) in [4.78, 5) is 4.59. The van der Waals surface area contributed by atoms with Gasteiger partial charge in [0.2, 0.25) is 0 Å². The number of hydrogen-bond acceptors (Lipinski definition) is 3. The lowest BCUT2D eigenvalue weighted by Gasteiger charge is -2.07. The molecule has 0 radical (unpaired) electrons. The first-order valence-electron chi connectivity index (χ1n) is 7.05. The van der Waals surface area contributed by atoms with Crippen LogP contribution in [0.15, 0.2) is 71.8 Å². The molecular formula is C18H14N2O2. The summed E-state index contributed by atoms with van der Waals surface area (Å²) >= 11 is 0. The van der Waals surface area contributed by atoms with Gasteiger partial charge >= 0.3 is 0 Å². The second kappa shape index (κ2) is 5.16. The van der Waals surface area contributed by atoms with Gasteiger partial charge in [0.1, 0.15) is 5.65 Å². The molecule has 0 fully saturated rings. The molecule has 0 saturated heterocycles. The van der Waals surface area contributed by atoms with Crippen LogP contribution in [-0.2, 0) is 6.61 Å². The molecule has 4 rings (SSSR count). The third-order valence-electron chi connectivity index (χ3n) is 3.77. The molecule has 1 N–H and O–H groups in total. The van der Waals surface area contributed by atoms with Gasteiger partial charge in [-0.3, -0.25) is 0 Å². The zero-order valence-corrected chi connectivity index (χ0v) is 11.8. The number of furan rings is 1. The van der Waals surface area contributed by atoms with Gasteiger partial charge in [0.05, 0.1) is 24.8 Å². The Morgan fingerprint density at radius 2 is 1.91 bits per heavy atom. The Kier molecular flexibility index (Phi) is 3.02. The molecule has 0 saturated carbocycles. The molecule has 3 aromatic heterocycles. The number of aliphatic hydroxyl groups is 1. The Hall–Kier alpha value is -2.85. The van der Waals surface area contributed by atoms with Crippen molar-refractivity contribution in [3.05, 3.63) is 72.9 Å². The van der Waals surface area contributed by atoms with Crippen LogP contribution in [0.5, 0.6) is 0 Å². The molecule has 0 bridgehead atoms. The normalized spacial score (nSPS) is 11.1. The second-order valence-corrected chi connectivity index (χ2v) is 5.14. The van der Waals surface area contributed by atoms with Crippen molar-refractivity contribution in [1.82, 2.24) is 9.38 Å². The lowest BCUT2D eigenvalue weighted by Crippen LogP contribution is -1.91. The van der Waals surface area contributed by atoms with Gasteiger partial charge in [0.15, 0.2) is 0 Å². The molecule has 0 atom stereocenters. The fourth-order valence-corrected chi connectivity index (χ4v) is 2.64. The van der Waals surface area contributed by atoms with Crippen LogP contribution in [0.2, 0.25) is 0 Å². The highest BCUT2D eigenvalue weighted by molar-refractivity contribution is 5.69. The molecule has 4 nitrogen and oxygen atoms in total. The zero-order chi connectivity index (χ0) is 14.9. The van der Waals surface area contributed by atoms with Crippen LogP contribution in [-0.4, -0.2) is 14.5 Å². The van der Waals surface area contributed by atoms with Crippen LogP contribution in [0.25, 0.3) is 28.0 Å². The van der Waals surface area contributed by atoms with E-state index >= 15 is 0 Å². The first-order chi connectivity index (χ1) is 10.8. The average Bonchev–Trinajstić information content (AvgIpc) is 3.23. The predicted molar refractivity (Wildman–Crippen MR) is 84.3 cm³/mol. The third-order valence-corrected chi connectivity index (χ3v) is 3.77. The number of rotatable bonds is 3. The van der Waals surface area contributed by atoms with E-state index < -0.39 is 0 Å². The first-order valence-corrected chi connectivity index (χ1v) is 7.05. The number of imidazole rings is 1. The summed E-state index contributed by atoms with van der Waals surface area (Å²) in [6.45, 7) is 0.0262. The minimum Gasteiger partial charge on any atom is -0.472 e. The van der Waals surface area contributed by atoms with Crippen molar-refractivity contribution < 1.29 is 9.52 Å². The highest BCUT2D eigenvalue weighted by Gasteiger charge is 2.08. The quantitative estimate of drug-likeness (QED) is 0.625. The van der Waals surface area contributed by atoms with Gasteiger partial charge in [0.25, 0.3) is 0 Å². The number of benzene rings is 1. The van der Waals surface area contributed by atoms with E-state index in [1.54, 1.807) is 12.5 Å². The Bertz CT molecular complexity index is 923. The van der Waals surface area contributed by atoms with Crippen LogP contribution in [0.1, 0.15) is 5.56 Å². The highest BCUT2D eigenvalue weighted by Crippen LogP contribution is 2.26. The van der Waals surface area contributed by atoms with Crippen molar-refractivity contribution in [2.24, 2.45) is 0 Å². The largest absolute Gasteiger partial charge is 0.472 e. The Labute approximate surface area is 127 Å². The van der Waals surface area contributed by atoms with E-state index in [4.69, 9.17) is 4.42 Å². The summed E-state index contributed by atoms with van der Waals surface area (Å²) < 4.78 is 7.10. The minimum atomic E-state index is 0.0262. The van der Waals surface area contributed by atoms with Gasteiger partial charge in [-0.25, -0.2) is 4.98 Å². The van der Waals surface area contributed by atoms with E-state index in [2.05, 4.69) is 4.98 Å². The van der Waals surface area contributed by atoms with Crippen LogP contribution < -0.4 is 0 Å². The van der Waals surface area contributed by atoms with Crippen molar-refractivity contribution in [2.75, 3.05) is 0 Å². The summed E-state index contributed by atoms with van der Waals surface area (Å²) in [6.07, 6.45) is 7.33. The maximum atomic E-state index is 9.49. The molecule has 0 amide bonds. The molecule has 0 unspecified atom stereocenters. The van der Waals surface area contributed by atoms with Crippen molar-refractivity contribution in [2.45, 2.75) is 6.61 Å². The van der Waals surface area contributed by atoms with Crippen LogP contribution in [0, 0.1) is 0 Å². The number of aromatic nitrogens is 2. The van der Waals surface area contributed by atoms with Gasteiger partial charge in [-0.15, -0.1) is 0 Å². The van der Waals surface area contributed by atoms with E-state index in [0.29, 0.717) is 0 Å². The molecule has 0 spiro atoms. The van der Waals surface area contributed by atoms with Gasteiger partial charge in [-0.05, 0) is 34.9 Å². The second-order valence-electron chi connectivity index (χ2n) is 5.14. The van der Waals surface area contributed by atoms with E-state index in [-0.39, 0.29) is 6.61 Å². The Morgan fingerprint density at radius 1 is 1.00 bits per heavy atom. The number of nitrogens with zero attached hydrogens (tertiary/aromatic N) is 2. The summed E-state index contributed by atoms with van der Waals surface area (Å²) in [6, 6.07) is 13.8. The number of fused-ring (bicyclic) bond motifs is 1. The average molecular weight is 290 g/mol. The Balaban J connectivity index is 1.84. The molecule has 4 aromatic rings. The van der Waals surface area contributed by atoms with Gasteiger partial charge in [-0.2, -0.15) is 0 Å². The monoisotopic (exact) mass is 290 g/mol. The molecule has 0 aliphatic heterocycles. The Morgan fingerprint density at radius 3 is 2.73 bits per heavy atom. The van der Waals surface area contributed by atoms with Gasteiger partial charge < -0.3 is 13.9 Å². The highest BCUT2D eigenvalue weighted by atomic mass is 16.3. The van der Waals surface area contributed by atoms with E-state index in [9.17, 15) is 5.11 Å².